The fourth-order valence-corrected chi connectivity index (χ4v) is 1.32. The minimum absolute atomic E-state index is 0. The molecular weight excluding hydrogens is 233 g/mol. The second kappa shape index (κ2) is 5.36. The third-order valence-electron chi connectivity index (χ3n) is 1.41. The van der Waals surface area contributed by atoms with Gasteiger partial charge in [0.25, 0.3) is 0 Å². The minimum Gasteiger partial charge on any atom is -0.744 e. The van der Waals surface area contributed by atoms with Gasteiger partial charge in [-0.25, -0.2) is 8.42 Å². The number of benzene rings is 1. The maximum Gasteiger partial charge on any atom is 1.00 e. The van der Waals surface area contributed by atoms with Crippen LogP contribution in [0.2, 0.25) is 0 Å². The van der Waals surface area contributed by atoms with Crippen molar-refractivity contribution >= 4 is 16.0 Å². The fraction of sp³-hybridized carbons (Fsp3) is 0. The molecular formula is C7H6KNO4S. The molecule has 0 saturated carbocycles. The Labute approximate surface area is 124 Å². The molecule has 0 bridgehead atoms. The average Bonchev–Trinajstić information content (AvgIpc) is 2.03. The summed E-state index contributed by atoms with van der Waals surface area (Å²) in [5.74, 6) is -0.773. The molecule has 7 heteroatoms. The summed E-state index contributed by atoms with van der Waals surface area (Å²) in [6.45, 7) is 0. The third kappa shape index (κ3) is 3.77. The van der Waals surface area contributed by atoms with E-state index in [1.165, 1.54) is 12.1 Å². The zero-order valence-electron chi connectivity index (χ0n) is 7.43. The van der Waals surface area contributed by atoms with Gasteiger partial charge in [-0.3, -0.25) is 4.79 Å². The van der Waals surface area contributed by atoms with Gasteiger partial charge in [-0.1, -0.05) is 6.07 Å². The third-order valence-corrected chi connectivity index (χ3v) is 2.24. The summed E-state index contributed by atoms with van der Waals surface area (Å²) in [4.78, 5) is 10.2. The van der Waals surface area contributed by atoms with Crippen molar-refractivity contribution in [1.82, 2.24) is 0 Å². The maximum atomic E-state index is 10.6. The van der Waals surface area contributed by atoms with E-state index in [9.17, 15) is 17.8 Å². The number of hydrogen-bond acceptors (Lipinski definition) is 4. The number of carbonyl (C=O) groups is 1. The summed E-state index contributed by atoms with van der Waals surface area (Å²) in [7, 11) is -4.52. The van der Waals surface area contributed by atoms with Crippen molar-refractivity contribution in [2.45, 2.75) is 4.90 Å². The summed E-state index contributed by atoms with van der Waals surface area (Å²) >= 11 is 0. The van der Waals surface area contributed by atoms with Crippen molar-refractivity contribution in [3.63, 3.8) is 0 Å². The van der Waals surface area contributed by atoms with Crippen molar-refractivity contribution in [1.29, 1.82) is 0 Å². The van der Waals surface area contributed by atoms with Crippen molar-refractivity contribution in [3.8, 4) is 0 Å². The van der Waals surface area contributed by atoms with E-state index < -0.39 is 20.9 Å². The van der Waals surface area contributed by atoms with E-state index in [4.69, 9.17) is 5.73 Å². The van der Waals surface area contributed by atoms with Crippen LogP contribution in [0.15, 0.2) is 29.2 Å². The van der Waals surface area contributed by atoms with Gasteiger partial charge in [0, 0.05) is 5.56 Å². The number of rotatable bonds is 2. The summed E-state index contributed by atoms with van der Waals surface area (Å²) in [5.41, 5.74) is 4.89. The standard InChI is InChI=1S/C7H7NO4S.K/c8-7(9)5-2-1-3-6(4-5)13(10,11)12;/h1-4H,(H2,8,9)(H,10,11,12);/q;+1/p-1. The van der Waals surface area contributed by atoms with Crippen molar-refractivity contribution in [2.75, 3.05) is 0 Å². The van der Waals surface area contributed by atoms with Crippen LogP contribution in [0.1, 0.15) is 10.4 Å². The Balaban J connectivity index is 0.00000169. The summed E-state index contributed by atoms with van der Waals surface area (Å²) in [5, 5.41) is 0. The summed E-state index contributed by atoms with van der Waals surface area (Å²) in [6, 6.07) is 4.67. The molecule has 0 atom stereocenters. The smallest absolute Gasteiger partial charge is 0.744 e. The molecule has 0 aliphatic carbocycles. The van der Waals surface area contributed by atoms with E-state index in [0.717, 1.165) is 12.1 Å². The fourth-order valence-electron chi connectivity index (χ4n) is 0.805. The second-order valence-corrected chi connectivity index (χ2v) is 3.73. The minimum atomic E-state index is -4.52. The summed E-state index contributed by atoms with van der Waals surface area (Å²) in [6.07, 6.45) is 0. The topological polar surface area (TPSA) is 100 Å². The normalized spacial score (nSPS) is 10.4. The molecule has 0 saturated heterocycles. The molecule has 1 aromatic rings. The molecule has 2 N–H and O–H groups in total. The van der Waals surface area contributed by atoms with Crippen molar-refractivity contribution in [3.05, 3.63) is 29.8 Å². The Morgan fingerprint density at radius 1 is 1.36 bits per heavy atom. The molecule has 0 spiro atoms. The Morgan fingerprint density at radius 2 is 1.93 bits per heavy atom. The van der Waals surface area contributed by atoms with Gasteiger partial charge in [-0.05, 0) is 18.2 Å². The number of carbonyl (C=O) groups excluding carboxylic acids is 1. The summed E-state index contributed by atoms with van der Waals surface area (Å²) < 4.78 is 31.5. The quantitative estimate of drug-likeness (QED) is 0.431. The molecule has 14 heavy (non-hydrogen) atoms. The van der Waals surface area contributed by atoms with Gasteiger partial charge < -0.3 is 10.3 Å². The van der Waals surface area contributed by atoms with Gasteiger partial charge >= 0.3 is 51.4 Å². The first-order valence-corrected chi connectivity index (χ1v) is 4.68. The maximum absolute atomic E-state index is 10.6. The molecule has 1 rings (SSSR count). The van der Waals surface area contributed by atoms with Gasteiger partial charge in [0.15, 0.2) is 0 Å². The molecule has 0 fully saturated rings. The van der Waals surface area contributed by atoms with E-state index in [2.05, 4.69) is 0 Å². The second-order valence-electron chi connectivity index (χ2n) is 2.35. The predicted molar refractivity (Wildman–Crippen MR) is 42.9 cm³/mol. The van der Waals surface area contributed by atoms with Gasteiger partial charge in [0.2, 0.25) is 5.91 Å². The Hall–Kier alpha value is 0.236. The number of amides is 1. The van der Waals surface area contributed by atoms with Gasteiger partial charge in [-0.2, -0.15) is 0 Å². The van der Waals surface area contributed by atoms with Gasteiger partial charge in [-0.15, -0.1) is 0 Å². The molecule has 0 radical (unpaired) electrons. The first-order valence-electron chi connectivity index (χ1n) is 3.27. The van der Waals surface area contributed by atoms with Crippen LogP contribution in [-0.4, -0.2) is 18.9 Å². The Bertz CT molecular complexity index is 443. The number of primary amides is 1. The van der Waals surface area contributed by atoms with E-state index >= 15 is 0 Å². The van der Waals surface area contributed by atoms with Crippen molar-refractivity contribution in [2.24, 2.45) is 5.73 Å². The van der Waals surface area contributed by atoms with E-state index in [1.54, 1.807) is 0 Å². The first kappa shape index (κ1) is 14.2. The number of nitrogens with two attached hydrogens (primary N) is 1. The van der Waals surface area contributed by atoms with Crippen molar-refractivity contribution < 1.29 is 69.1 Å². The molecule has 1 amide bonds. The Morgan fingerprint density at radius 3 is 2.36 bits per heavy atom. The van der Waals surface area contributed by atoms with E-state index in [1.807, 2.05) is 0 Å². The monoisotopic (exact) mass is 239 g/mol. The molecule has 70 valence electrons. The van der Waals surface area contributed by atoms with E-state index in [-0.39, 0.29) is 56.9 Å². The molecule has 0 heterocycles. The van der Waals surface area contributed by atoms with Crippen LogP contribution in [-0.2, 0) is 10.1 Å². The SMILES string of the molecule is NC(=O)c1cccc(S(=O)(=O)[O-])c1.[K+]. The number of hydrogen-bond donors (Lipinski definition) is 1. The van der Waals surface area contributed by atoms with Crippen LogP contribution in [0.5, 0.6) is 0 Å². The zero-order valence-corrected chi connectivity index (χ0v) is 11.4. The molecule has 1 aromatic carbocycles. The van der Waals surface area contributed by atoms with Gasteiger partial charge in [0.05, 0.1) is 4.90 Å². The molecule has 0 unspecified atom stereocenters. The van der Waals surface area contributed by atoms with Crippen LogP contribution >= 0.6 is 0 Å². The average molecular weight is 239 g/mol. The molecule has 0 aliphatic heterocycles. The largest absolute Gasteiger partial charge is 1.00 e. The van der Waals surface area contributed by atoms with Crippen LogP contribution in [0, 0.1) is 0 Å². The van der Waals surface area contributed by atoms with Crippen LogP contribution < -0.4 is 57.1 Å². The van der Waals surface area contributed by atoms with Crippen LogP contribution in [0.25, 0.3) is 0 Å². The molecule has 0 aromatic heterocycles. The Kier molecular flexibility index (Phi) is 5.45. The van der Waals surface area contributed by atoms with Crippen LogP contribution in [0.3, 0.4) is 0 Å². The first-order chi connectivity index (χ1) is 5.91. The van der Waals surface area contributed by atoms with Gasteiger partial charge in [0.1, 0.15) is 10.1 Å². The van der Waals surface area contributed by atoms with E-state index in [0.29, 0.717) is 0 Å². The molecule has 0 aliphatic rings. The molecule has 5 nitrogen and oxygen atoms in total. The van der Waals surface area contributed by atoms with Crippen LogP contribution in [0.4, 0.5) is 0 Å². The predicted octanol–water partition coefficient (Wildman–Crippen LogP) is -3.31. The zero-order chi connectivity index (χ0) is 10.1.